The molecule has 5 heteroatoms. The van der Waals surface area contributed by atoms with Crippen LogP contribution in [0.2, 0.25) is 0 Å². The first-order valence-corrected chi connectivity index (χ1v) is 9.42. The Balaban J connectivity index is 1.75. The van der Waals surface area contributed by atoms with Crippen LogP contribution < -0.4 is 5.56 Å². The molecule has 1 aromatic heterocycles. The van der Waals surface area contributed by atoms with Gasteiger partial charge in [-0.05, 0) is 24.0 Å². The molecule has 5 nitrogen and oxygen atoms in total. The smallest absolute Gasteiger partial charge is 0.259 e. The number of benzene rings is 2. The number of aromatic nitrogens is 1. The van der Waals surface area contributed by atoms with Crippen LogP contribution in [0.1, 0.15) is 34.3 Å². The molecule has 1 saturated heterocycles. The standard InChI is InChI=1S/C23H22N2O3/c26-20-14-21(27)24-15-19(20)22(28)25-13-7-12-23(16-25,17-8-3-1-4-9-17)18-10-5-2-6-11-18/h1-6,8-11,14-15H,7,12-13,16H2,(H2,24,26,27). The highest BCUT2D eigenvalue weighted by Gasteiger charge is 2.40. The fourth-order valence-electron chi connectivity index (χ4n) is 4.18. The van der Waals surface area contributed by atoms with E-state index in [0.29, 0.717) is 13.1 Å². The van der Waals surface area contributed by atoms with Crippen molar-refractivity contribution in [3.8, 4) is 5.75 Å². The number of nitrogens with one attached hydrogen (secondary N) is 1. The number of carbonyl (C=O) groups is 1. The van der Waals surface area contributed by atoms with Crippen molar-refractivity contribution in [2.75, 3.05) is 13.1 Å². The van der Waals surface area contributed by atoms with E-state index in [1.54, 1.807) is 4.90 Å². The number of pyridine rings is 1. The van der Waals surface area contributed by atoms with Gasteiger partial charge in [0, 0.05) is 30.8 Å². The summed E-state index contributed by atoms with van der Waals surface area (Å²) in [5.41, 5.74) is 1.72. The van der Waals surface area contributed by atoms with Gasteiger partial charge in [0.25, 0.3) is 11.5 Å². The van der Waals surface area contributed by atoms with E-state index < -0.39 is 5.56 Å². The molecule has 0 bridgehead atoms. The van der Waals surface area contributed by atoms with E-state index in [2.05, 4.69) is 29.2 Å². The number of amides is 1. The maximum Gasteiger partial charge on any atom is 0.259 e. The van der Waals surface area contributed by atoms with E-state index in [1.807, 2.05) is 36.4 Å². The molecule has 1 aliphatic rings. The lowest BCUT2D eigenvalue weighted by atomic mass is 9.69. The third-order valence-corrected chi connectivity index (χ3v) is 5.57. The minimum absolute atomic E-state index is 0.122. The predicted octanol–water partition coefficient (Wildman–Crippen LogP) is 3.30. The largest absolute Gasteiger partial charge is 0.507 e. The molecule has 1 fully saturated rings. The lowest BCUT2D eigenvalue weighted by Crippen LogP contribution is -2.49. The number of nitrogens with zero attached hydrogens (tertiary/aromatic N) is 1. The van der Waals surface area contributed by atoms with Gasteiger partial charge in [0.2, 0.25) is 0 Å². The molecule has 142 valence electrons. The highest BCUT2D eigenvalue weighted by molar-refractivity contribution is 5.96. The topological polar surface area (TPSA) is 73.4 Å². The van der Waals surface area contributed by atoms with E-state index in [-0.39, 0.29) is 22.6 Å². The van der Waals surface area contributed by atoms with Crippen LogP contribution >= 0.6 is 0 Å². The summed E-state index contributed by atoms with van der Waals surface area (Å²) in [6, 6.07) is 21.6. The molecule has 3 aromatic rings. The second-order valence-corrected chi connectivity index (χ2v) is 7.24. The van der Waals surface area contributed by atoms with Gasteiger partial charge < -0.3 is 15.0 Å². The highest BCUT2D eigenvalue weighted by atomic mass is 16.3. The number of carbonyl (C=O) groups excluding carboxylic acids is 1. The number of hydrogen-bond acceptors (Lipinski definition) is 3. The van der Waals surface area contributed by atoms with Crippen molar-refractivity contribution in [3.05, 3.63) is 100.0 Å². The van der Waals surface area contributed by atoms with E-state index in [0.717, 1.165) is 18.9 Å². The average Bonchev–Trinajstić information content (AvgIpc) is 2.74. The van der Waals surface area contributed by atoms with Crippen molar-refractivity contribution in [1.82, 2.24) is 9.88 Å². The minimum atomic E-state index is -0.435. The number of hydrogen-bond donors (Lipinski definition) is 2. The number of H-pyrrole nitrogens is 1. The zero-order valence-corrected chi connectivity index (χ0v) is 15.5. The molecule has 0 saturated carbocycles. The molecule has 0 spiro atoms. The van der Waals surface area contributed by atoms with Gasteiger partial charge in [-0.15, -0.1) is 0 Å². The average molecular weight is 374 g/mol. The molecule has 28 heavy (non-hydrogen) atoms. The summed E-state index contributed by atoms with van der Waals surface area (Å²) in [6.45, 7) is 1.12. The summed E-state index contributed by atoms with van der Waals surface area (Å²) in [6.07, 6.45) is 3.07. The Morgan fingerprint density at radius 1 is 1.00 bits per heavy atom. The highest BCUT2D eigenvalue weighted by Crippen LogP contribution is 2.40. The van der Waals surface area contributed by atoms with E-state index in [1.165, 1.54) is 17.3 Å². The van der Waals surface area contributed by atoms with Crippen LogP contribution in [0.15, 0.2) is 77.7 Å². The van der Waals surface area contributed by atoms with Gasteiger partial charge in [0.05, 0.1) is 5.56 Å². The van der Waals surface area contributed by atoms with Gasteiger partial charge in [-0.3, -0.25) is 9.59 Å². The number of aromatic hydroxyl groups is 1. The zero-order valence-electron chi connectivity index (χ0n) is 15.5. The molecule has 1 aliphatic heterocycles. The van der Waals surface area contributed by atoms with Crippen molar-refractivity contribution in [2.45, 2.75) is 18.3 Å². The van der Waals surface area contributed by atoms with E-state index in [4.69, 9.17) is 0 Å². The number of piperidine rings is 1. The Labute approximate surface area is 163 Å². The van der Waals surface area contributed by atoms with Crippen molar-refractivity contribution < 1.29 is 9.90 Å². The van der Waals surface area contributed by atoms with Gasteiger partial charge in [-0.1, -0.05) is 60.7 Å². The number of aromatic amines is 1. The molecular weight excluding hydrogens is 352 g/mol. The van der Waals surface area contributed by atoms with Crippen molar-refractivity contribution in [2.24, 2.45) is 0 Å². The third kappa shape index (κ3) is 3.20. The lowest BCUT2D eigenvalue weighted by Gasteiger charge is -2.44. The Bertz CT molecular complexity index is 989. The van der Waals surface area contributed by atoms with Crippen LogP contribution in [-0.2, 0) is 5.41 Å². The number of likely N-dealkylation sites (tertiary alicyclic amines) is 1. The fraction of sp³-hybridized carbons (Fsp3) is 0.217. The fourth-order valence-corrected chi connectivity index (χ4v) is 4.18. The first-order chi connectivity index (χ1) is 13.6. The second-order valence-electron chi connectivity index (χ2n) is 7.24. The number of rotatable bonds is 3. The van der Waals surface area contributed by atoms with Crippen LogP contribution in [0, 0.1) is 0 Å². The molecule has 0 radical (unpaired) electrons. The molecule has 2 aromatic carbocycles. The van der Waals surface area contributed by atoms with Gasteiger partial charge in [0.15, 0.2) is 0 Å². The van der Waals surface area contributed by atoms with Gasteiger partial charge >= 0.3 is 0 Å². The summed E-state index contributed by atoms with van der Waals surface area (Å²) < 4.78 is 0. The predicted molar refractivity (Wildman–Crippen MR) is 108 cm³/mol. The molecular formula is C23H22N2O3. The van der Waals surface area contributed by atoms with E-state index in [9.17, 15) is 14.7 Å². The normalized spacial score (nSPS) is 15.9. The first-order valence-electron chi connectivity index (χ1n) is 9.42. The van der Waals surface area contributed by atoms with Crippen LogP contribution in [0.5, 0.6) is 5.75 Å². The molecule has 2 N–H and O–H groups in total. The van der Waals surface area contributed by atoms with Crippen molar-refractivity contribution >= 4 is 5.91 Å². The molecule has 1 amide bonds. The summed E-state index contributed by atoms with van der Waals surface area (Å²) in [5, 5.41) is 10.1. The van der Waals surface area contributed by atoms with Crippen LogP contribution in [0.4, 0.5) is 0 Å². The van der Waals surface area contributed by atoms with Crippen molar-refractivity contribution in [3.63, 3.8) is 0 Å². The third-order valence-electron chi connectivity index (χ3n) is 5.57. The van der Waals surface area contributed by atoms with Crippen LogP contribution in [-0.4, -0.2) is 34.0 Å². The second kappa shape index (κ2) is 7.35. The van der Waals surface area contributed by atoms with Gasteiger partial charge in [-0.2, -0.15) is 0 Å². The van der Waals surface area contributed by atoms with Crippen LogP contribution in [0.3, 0.4) is 0 Å². The zero-order chi connectivity index (χ0) is 19.6. The van der Waals surface area contributed by atoms with Gasteiger partial charge in [0.1, 0.15) is 5.75 Å². The molecule has 0 unspecified atom stereocenters. The molecule has 0 aliphatic carbocycles. The minimum Gasteiger partial charge on any atom is -0.507 e. The molecule has 4 rings (SSSR count). The summed E-state index contributed by atoms with van der Waals surface area (Å²) >= 11 is 0. The maximum absolute atomic E-state index is 13.1. The summed E-state index contributed by atoms with van der Waals surface area (Å²) in [7, 11) is 0. The summed E-state index contributed by atoms with van der Waals surface area (Å²) in [4.78, 5) is 28.8. The Morgan fingerprint density at radius 2 is 1.61 bits per heavy atom. The monoisotopic (exact) mass is 374 g/mol. The SMILES string of the molecule is O=C(c1c[nH]c(=O)cc1O)N1CCCC(c2ccccc2)(c2ccccc2)C1. The van der Waals surface area contributed by atoms with Crippen molar-refractivity contribution in [1.29, 1.82) is 0 Å². The maximum atomic E-state index is 13.1. The summed E-state index contributed by atoms with van der Waals surface area (Å²) in [5.74, 6) is -0.561. The Morgan fingerprint density at radius 3 is 2.18 bits per heavy atom. The van der Waals surface area contributed by atoms with Crippen LogP contribution in [0.25, 0.3) is 0 Å². The molecule has 2 heterocycles. The lowest BCUT2D eigenvalue weighted by molar-refractivity contribution is 0.0662. The quantitative estimate of drug-likeness (QED) is 0.739. The van der Waals surface area contributed by atoms with Gasteiger partial charge in [-0.25, -0.2) is 0 Å². The molecule has 0 atom stereocenters. The Hall–Kier alpha value is -3.34. The van der Waals surface area contributed by atoms with E-state index >= 15 is 0 Å². The first kappa shape index (κ1) is 18.0. The Kier molecular flexibility index (Phi) is 4.74.